The quantitative estimate of drug-likeness (QED) is 0.493. The van der Waals surface area contributed by atoms with Gasteiger partial charge in [0.25, 0.3) is 5.91 Å². The predicted molar refractivity (Wildman–Crippen MR) is 138 cm³/mol. The van der Waals surface area contributed by atoms with Crippen LogP contribution >= 0.6 is 0 Å². The number of rotatable bonds is 6. The van der Waals surface area contributed by atoms with Crippen molar-refractivity contribution in [2.45, 2.75) is 37.3 Å². The van der Waals surface area contributed by atoms with Gasteiger partial charge in [0.15, 0.2) is 5.92 Å². The molecule has 2 N–H and O–H groups in total. The molecule has 0 spiro atoms. The molecule has 1 aromatic carbocycles. The molecule has 1 aromatic heterocycles. The highest BCUT2D eigenvalue weighted by atomic mass is 19.4. The lowest BCUT2D eigenvalue weighted by molar-refractivity contribution is -0.201. The molecule has 0 saturated carbocycles. The van der Waals surface area contributed by atoms with Crippen molar-refractivity contribution in [1.29, 1.82) is 0 Å². The molecule has 4 heterocycles. The van der Waals surface area contributed by atoms with E-state index in [0.29, 0.717) is 62.7 Å². The standard InChI is InChI=1S/C27H30F6N6O3/c28-26(29,30)18-6-7-22(34-14-18)37-9-11-38(12-10-37)25(41)17-3-1-5-20(13-17)42-16-19-4-2-8-39(19)21-15-35-36-24(40)23(21)27(31,32)33/h1,3,5-7,13-14,19,21,23,35H,2,4,8-12,15-16H2,(H,36,40)/t19-,21?,23?/m0/s1. The number of alkyl halides is 6. The van der Waals surface area contributed by atoms with E-state index in [9.17, 15) is 35.9 Å². The van der Waals surface area contributed by atoms with E-state index >= 15 is 0 Å². The highest BCUT2D eigenvalue weighted by Crippen LogP contribution is 2.35. The zero-order valence-corrected chi connectivity index (χ0v) is 22.4. The molecule has 3 aliphatic rings. The fourth-order valence-corrected chi connectivity index (χ4v) is 5.74. The first-order valence-electron chi connectivity index (χ1n) is 13.6. The van der Waals surface area contributed by atoms with Gasteiger partial charge in [-0.3, -0.25) is 19.9 Å². The molecule has 3 saturated heterocycles. The van der Waals surface area contributed by atoms with Crippen LogP contribution < -0.4 is 20.5 Å². The maximum atomic E-state index is 13.7. The van der Waals surface area contributed by atoms with E-state index in [2.05, 4.69) is 15.8 Å². The number of carbonyl (C=O) groups excluding carboxylic acids is 2. The number of benzene rings is 1. The van der Waals surface area contributed by atoms with Gasteiger partial charge in [-0.15, -0.1) is 0 Å². The molecule has 0 aliphatic carbocycles. The normalized spacial score (nSPS) is 24.0. The number of aromatic nitrogens is 1. The Morgan fingerprint density at radius 3 is 2.45 bits per heavy atom. The number of hydrogen-bond donors (Lipinski definition) is 2. The highest BCUT2D eigenvalue weighted by molar-refractivity contribution is 5.94. The summed E-state index contributed by atoms with van der Waals surface area (Å²) in [6.07, 6.45) is -7.07. The minimum absolute atomic E-state index is 0.0431. The molecule has 3 fully saturated rings. The summed E-state index contributed by atoms with van der Waals surface area (Å²) in [5.74, 6) is -2.69. The van der Waals surface area contributed by atoms with Crippen LogP contribution in [0, 0.1) is 5.92 Å². The van der Waals surface area contributed by atoms with Gasteiger partial charge in [0.2, 0.25) is 5.91 Å². The van der Waals surface area contributed by atoms with Gasteiger partial charge in [0, 0.05) is 56.6 Å². The van der Waals surface area contributed by atoms with Gasteiger partial charge in [-0.05, 0) is 49.7 Å². The SMILES string of the molecule is O=C1NNCC(N2CCC[C@H]2COc2cccc(C(=O)N3CCN(c4ccc(C(F)(F)F)cn4)CC3)c2)C1C(F)(F)F. The highest BCUT2D eigenvalue weighted by Gasteiger charge is 2.54. The summed E-state index contributed by atoms with van der Waals surface area (Å²) in [4.78, 5) is 34.3. The first-order chi connectivity index (χ1) is 19.9. The topological polar surface area (TPSA) is 90.0 Å². The molecule has 15 heteroatoms. The van der Waals surface area contributed by atoms with Crippen LogP contribution in [-0.2, 0) is 11.0 Å². The van der Waals surface area contributed by atoms with Crippen molar-refractivity contribution in [2.24, 2.45) is 5.92 Å². The summed E-state index contributed by atoms with van der Waals surface area (Å²) in [6, 6.07) is 7.45. The van der Waals surface area contributed by atoms with E-state index in [1.165, 1.54) is 6.07 Å². The average Bonchev–Trinajstić information content (AvgIpc) is 3.43. The molecule has 9 nitrogen and oxygen atoms in total. The zero-order valence-electron chi connectivity index (χ0n) is 22.4. The van der Waals surface area contributed by atoms with Gasteiger partial charge >= 0.3 is 12.4 Å². The fourth-order valence-electron chi connectivity index (χ4n) is 5.74. The minimum Gasteiger partial charge on any atom is -0.492 e. The van der Waals surface area contributed by atoms with E-state index in [1.54, 1.807) is 34.1 Å². The van der Waals surface area contributed by atoms with Crippen LogP contribution in [0.4, 0.5) is 32.2 Å². The first kappa shape index (κ1) is 29.9. The largest absolute Gasteiger partial charge is 0.492 e. The fraction of sp³-hybridized carbons (Fsp3) is 0.519. The average molecular weight is 601 g/mol. The number of carbonyl (C=O) groups is 2. The molecule has 3 aliphatic heterocycles. The number of anilines is 1. The van der Waals surface area contributed by atoms with Crippen molar-refractivity contribution < 1.29 is 40.7 Å². The third-order valence-corrected chi connectivity index (χ3v) is 7.88. The van der Waals surface area contributed by atoms with Gasteiger partial charge in [-0.1, -0.05) is 6.07 Å². The lowest BCUT2D eigenvalue weighted by atomic mass is 9.94. The number of ether oxygens (including phenoxy) is 1. The van der Waals surface area contributed by atoms with Crippen LogP contribution in [0.1, 0.15) is 28.8 Å². The van der Waals surface area contributed by atoms with Crippen LogP contribution in [0.5, 0.6) is 5.75 Å². The number of pyridine rings is 1. The van der Waals surface area contributed by atoms with E-state index < -0.39 is 35.8 Å². The number of likely N-dealkylation sites (tertiary alicyclic amines) is 1. The number of nitrogens with zero attached hydrogens (tertiary/aromatic N) is 4. The molecule has 2 aromatic rings. The monoisotopic (exact) mass is 600 g/mol. The molecular formula is C27H30F6N6O3. The van der Waals surface area contributed by atoms with Crippen molar-refractivity contribution in [3.8, 4) is 5.75 Å². The second-order valence-electron chi connectivity index (χ2n) is 10.5. The summed E-state index contributed by atoms with van der Waals surface area (Å²) in [7, 11) is 0. The Labute approximate surface area is 237 Å². The van der Waals surface area contributed by atoms with Gasteiger partial charge in [-0.25, -0.2) is 10.4 Å². The van der Waals surface area contributed by atoms with Gasteiger partial charge in [0.1, 0.15) is 18.2 Å². The molecule has 42 heavy (non-hydrogen) atoms. The second-order valence-corrected chi connectivity index (χ2v) is 10.5. The molecule has 0 bridgehead atoms. The molecule has 228 valence electrons. The van der Waals surface area contributed by atoms with Crippen molar-refractivity contribution in [3.63, 3.8) is 0 Å². The first-order valence-corrected chi connectivity index (χ1v) is 13.6. The minimum atomic E-state index is -4.68. The maximum absolute atomic E-state index is 13.7. The van der Waals surface area contributed by atoms with Gasteiger partial charge in [0.05, 0.1) is 5.56 Å². The third-order valence-electron chi connectivity index (χ3n) is 7.88. The molecule has 2 amide bonds. The smallest absolute Gasteiger partial charge is 0.417 e. The Morgan fingerprint density at radius 1 is 1.02 bits per heavy atom. The van der Waals surface area contributed by atoms with Crippen molar-refractivity contribution in [2.75, 3.05) is 50.8 Å². The van der Waals surface area contributed by atoms with E-state index in [0.717, 1.165) is 12.3 Å². The summed E-state index contributed by atoms with van der Waals surface area (Å²) in [5, 5.41) is 0. The Balaban J connectivity index is 1.17. The summed E-state index contributed by atoms with van der Waals surface area (Å²) in [5.41, 5.74) is 4.19. The van der Waals surface area contributed by atoms with Crippen molar-refractivity contribution in [1.82, 2.24) is 25.6 Å². The van der Waals surface area contributed by atoms with Crippen LogP contribution in [0.15, 0.2) is 42.6 Å². The Hall–Kier alpha value is -3.59. The van der Waals surface area contributed by atoms with E-state index in [-0.39, 0.29) is 25.1 Å². The molecule has 5 rings (SSSR count). The Bertz CT molecular complexity index is 1270. The second kappa shape index (κ2) is 12.0. The van der Waals surface area contributed by atoms with Gasteiger partial charge in [-0.2, -0.15) is 26.3 Å². The molecule has 0 radical (unpaired) electrons. The van der Waals surface area contributed by atoms with Crippen molar-refractivity contribution >= 4 is 17.6 Å². The van der Waals surface area contributed by atoms with Crippen molar-refractivity contribution in [3.05, 3.63) is 53.7 Å². The lowest BCUT2D eigenvalue weighted by Gasteiger charge is -2.40. The summed E-state index contributed by atoms with van der Waals surface area (Å²) in [6.45, 7) is 1.93. The van der Waals surface area contributed by atoms with Crippen LogP contribution in [0.3, 0.4) is 0 Å². The van der Waals surface area contributed by atoms with Crippen LogP contribution in [0.2, 0.25) is 0 Å². The Kier molecular flexibility index (Phi) is 8.51. The number of nitrogens with one attached hydrogen (secondary N) is 2. The predicted octanol–water partition coefficient (Wildman–Crippen LogP) is 3.09. The van der Waals surface area contributed by atoms with Gasteiger partial charge < -0.3 is 14.5 Å². The van der Waals surface area contributed by atoms with E-state index in [4.69, 9.17) is 4.74 Å². The summed E-state index contributed by atoms with van der Waals surface area (Å²) >= 11 is 0. The third kappa shape index (κ3) is 6.56. The van der Waals surface area contributed by atoms with Crippen LogP contribution in [0.25, 0.3) is 0 Å². The zero-order chi connectivity index (χ0) is 30.1. The molecule has 2 unspecified atom stereocenters. The van der Waals surface area contributed by atoms with Crippen LogP contribution in [-0.4, -0.2) is 90.7 Å². The number of piperazine rings is 1. The molecule has 3 atom stereocenters. The maximum Gasteiger partial charge on any atom is 0.417 e. The Morgan fingerprint density at radius 2 is 1.79 bits per heavy atom. The number of hydrogen-bond acceptors (Lipinski definition) is 7. The lowest BCUT2D eigenvalue weighted by Crippen LogP contribution is -2.65. The van der Waals surface area contributed by atoms with E-state index in [1.807, 2.05) is 4.90 Å². The summed E-state index contributed by atoms with van der Waals surface area (Å²) < 4.78 is 85.4. The molecular weight excluding hydrogens is 570 g/mol. The number of hydrazine groups is 1. The number of amides is 2. The number of halogens is 6.